The molecule has 0 radical (unpaired) electrons. The second-order valence-electron chi connectivity index (χ2n) is 4.08. The number of aryl methyl sites for hydroxylation is 1. The largest absolute Gasteiger partial charge is 0.329 e. The highest BCUT2D eigenvalue weighted by Crippen LogP contribution is 2.24. The number of thiophene rings is 1. The summed E-state index contributed by atoms with van der Waals surface area (Å²) >= 11 is 3.43. The molecule has 1 unspecified atom stereocenters. The second-order valence-corrected chi connectivity index (χ2v) is 5.80. The summed E-state index contributed by atoms with van der Waals surface area (Å²) in [5.74, 6) is 0. The van der Waals surface area contributed by atoms with Gasteiger partial charge in [-0.1, -0.05) is 0 Å². The van der Waals surface area contributed by atoms with E-state index < -0.39 is 0 Å². The lowest BCUT2D eigenvalue weighted by atomic mass is 10.1. The third kappa shape index (κ3) is 2.93. The van der Waals surface area contributed by atoms with Gasteiger partial charge in [-0.05, 0) is 36.4 Å². The van der Waals surface area contributed by atoms with Crippen molar-refractivity contribution in [3.8, 4) is 0 Å². The lowest BCUT2D eigenvalue weighted by Crippen LogP contribution is -2.29. The summed E-state index contributed by atoms with van der Waals surface area (Å²) in [4.78, 5) is 7.89. The third-order valence-corrected chi connectivity index (χ3v) is 4.54. The van der Waals surface area contributed by atoms with E-state index in [1.54, 1.807) is 22.7 Å². The Morgan fingerprint density at radius 1 is 1.53 bits per heavy atom. The number of nitrogens with two attached hydrogens (primary N) is 1. The molecule has 0 aliphatic carbocycles. The van der Waals surface area contributed by atoms with E-state index in [1.807, 2.05) is 5.51 Å². The maximum Gasteiger partial charge on any atom is 0.0798 e. The summed E-state index contributed by atoms with van der Waals surface area (Å²) in [5.41, 5.74) is 10.2. The van der Waals surface area contributed by atoms with E-state index in [9.17, 15) is 0 Å². The van der Waals surface area contributed by atoms with Crippen LogP contribution in [0.25, 0.3) is 0 Å². The molecule has 0 aliphatic rings. The van der Waals surface area contributed by atoms with Gasteiger partial charge in [0.2, 0.25) is 0 Å². The van der Waals surface area contributed by atoms with Crippen LogP contribution in [0.1, 0.15) is 22.2 Å². The molecular formula is C12H17N3S2. The standard InChI is InChI=1S/C12H17N3S2/c1-9-12(17-8-14-9)6-15(2)11(5-13)10-3-4-16-7-10/h3-4,7-8,11H,5-6,13H2,1-2H3. The van der Waals surface area contributed by atoms with Gasteiger partial charge in [0.25, 0.3) is 0 Å². The molecule has 0 saturated heterocycles. The zero-order chi connectivity index (χ0) is 12.3. The summed E-state index contributed by atoms with van der Waals surface area (Å²) in [5, 5.41) is 4.28. The van der Waals surface area contributed by atoms with Crippen molar-refractivity contribution in [3.05, 3.63) is 38.5 Å². The van der Waals surface area contributed by atoms with Crippen LogP contribution in [0.5, 0.6) is 0 Å². The predicted molar refractivity (Wildman–Crippen MR) is 74.4 cm³/mol. The van der Waals surface area contributed by atoms with E-state index >= 15 is 0 Å². The van der Waals surface area contributed by atoms with Gasteiger partial charge in [0.15, 0.2) is 0 Å². The van der Waals surface area contributed by atoms with Crippen molar-refractivity contribution in [1.82, 2.24) is 9.88 Å². The van der Waals surface area contributed by atoms with E-state index in [2.05, 4.69) is 40.7 Å². The third-order valence-electron chi connectivity index (χ3n) is 2.92. The average Bonchev–Trinajstić information content (AvgIpc) is 2.93. The zero-order valence-corrected chi connectivity index (χ0v) is 11.7. The van der Waals surface area contributed by atoms with Crippen LogP contribution in [0.2, 0.25) is 0 Å². The quantitative estimate of drug-likeness (QED) is 0.905. The van der Waals surface area contributed by atoms with Crippen molar-refractivity contribution < 1.29 is 0 Å². The Balaban J connectivity index is 2.08. The molecule has 2 aromatic rings. The number of rotatable bonds is 5. The molecular weight excluding hydrogens is 250 g/mol. The van der Waals surface area contributed by atoms with Gasteiger partial charge < -0.3 is 5.73 Å². The number of hydrogen-bond acceptors (Lipinski definition) is 5. The van der Waals surface area contributed by atoms with Crippen LogP contribution in [0.4, 0.5) is 0 Å². The van der Waals surface area contributed by atoms with Crippen molar-refractivity contribution in [2.75, 3.05) is 13.6 Å². The van der Waals surface area contributed by atoms with E-state index in [-0.39, 0.29) is 0 Å². The van der Waals surface area contributed by atoms with Crippen LogP contribution >= 0.6 is 22.7 Å². The Morgan fingerprint density at radius 2 is 2.35 bits per heavy atom. The van der Waals surface area contributed by atoms with E-state index in [1.165, 1.54) is 10.4 Å². The Morgan fingerprint density at radius 3 is 2.88 bits per heavy atom. The van der Waals surface area contributed by atoms with Crippen molar-refractivity contribution >= 4 is 22.7 Å². The first-order valence-corrected chi connectivity index (χ1v) is 7.36. The highest BCUT2D eigenvalue weighted by atomic mass is 32.1. The smallest absolute Gasteiger partial charge is 0.0798 e. The van der Waals surface area contributed by atoms with E-state index in [4.69, 9.17) is 5.73 Å². The molecule has 0 aliphatic heterocycles. The maximum atomic E-state index is 5.88. The van der Waals surface area contributed by atoms with E-state index in [0.29, 0.717) is 12.6 Å². The summed E-state index contributed by atoms with van der Waals surface area (Å²) in [7, 11) is 2.12. The molecule has 0 aromatic carbocycles. The lowest BCUT2D eigenvalue weighted by Gasteiger charge is -2.26. The Hall–Kier alpha value is -0.750. The predicted octanol–water partition coefficient (Wildman–Crippen LogP) is 2.64. The molecule has 5 heteroatoms. The fourth-order valence-electron chi connectivity index (χ4n) is 1.85. The molecule has 0 saturated carbocycles. The van der Waals surface area contributed by atoms with Gasteiger partial charge in [0.05, 0.1) is 11.2 Å². The second kappa shape index (κ2) is 5.73. The first-order chi connectivity index (χ1) is 8.22. The van der Waals surface area contributed by atoms with Gasteiger partial charge in [-0.25, -0.2) is 4.98 Å². The van der Waals surface area contributed by atoms with Crippen molar-refractivity contribution in [1.29, 1.82) is 0 Å². The highest BCUT2D eigenvalue weighted by molar-refractivity contribution is 7.09. The number of hydrogen-bond donors (Lipinski definition) is 1. The molecule has 2 N–H and O–H groups in total. The molecule has 0 spiro atoms. The van der Waals surface area contributed by atoms with Crippen LogP contribution < -0.4 is 5.73 Å². The van der Waals surface area contributed by atoms with Crippen LogP contribution in [0.3, 0.4) is 0 Å². The summed E-state index contributed by atoms with van der Waals surface area (Å²) in [6, 6.07) is 2.45. The zero-order valence-electron chi connectivity index (χ0n) is 10.1. The maximum absolute atomic E-state index is 5.88. The topological polar surface area (TPSA) is 42.2 Å². The van der Waals surface area contributed by atoms with Crippen molar-refractivity contribution in [3.63, 3.8) is 0 Å². The van der Waals surface area contributed by atoms with Crippen LogP contribution in [-0.4, -0.2) is 23.5 Å². The lowest BCUT2D eigenvalue weighted by molar-refractivity contribution is 0.244. The molecule has 17 heavy (non-hydrogen) atoms. The number of likely N-dealkylation sites (N-methyl/N-ethyl adjacent to an activating group) is 1. The monoisotopic (exact) mass is 267 g/mol. The van der Waals surface area contributed by atoms with Crippen LogP contribution in [-0.2, 0) is 6.54 Å². The van der Waals surface area contributed by atoms with Gasteiger partial charge in [0, 0.05) is 24.0 Å². The molecule has 0 bridgehead atoms. The van der Waals surface area contributed by atoms with Crippen LogP contribution in [0, 0.1) is 6.92 Å². The van der Waals surface area contributed by atoms with Crippen molar-refractivity contribution in [2.24, 2.45) is 5.73 Å². The summed E-state index contributed by atoms with van der Waals surface area (Å²) in [6.07, 6.45) is 0. The SMILES string of the molecule is Cc1ncsc1CN(C)C(CN)c1ccsc1. The minimum absolute atomic E-state index is 0.294. The molecule has 1 atom stereocenters. The normalized spacial score (nSPS) is 13.2. The fourth-order valence-corrected chi connectivity index (χ4v) is 3.40. The van der Waals surface area contributed by atoms with Gasteiger partial charge in [-0.2, -0.15) is 11.3 Å². The number of nitrogens with zero attached hydrogens (tertiary/aromatic N) is 2. The van der Waals surface area contributed by atoms with Gasteiger partial charge in [-0.3, -0.25) is 4.90 Å². The number of aromatic nitrogens is 1. The molecule has 0 amide bonds. The van der Waals surface area contributed by atoms with Gasteiger partial charge in [0.1, 0.15) is 0 Å². The minimum Gasteiger partial charge on any atom is -0.329 e. The average molecular weight is 267 g/mol. The minimum atomic E-state index is 0.294. The van der Waals surface area contributed by atoms with Crippen LogP contribution in [0.15, 0.2) is 22.3 Å². The highest BCUT2D eigenvalue weighted by Gasteiger charge is 2.17. The molecule has 0 fully saturated rings. The molecule has 2 rings (SSSR count). The summed E-state index contributed by atoms with van der Waals surface area (Å²) < 4.78 is 0. The Bertz CT molecular complexity index is 450. The number of thiazole rings is 1. The fraction of sp³-hybridized carbons (Fsp3) is 0.417. The molecule has 2 aromatic heterocycles. The molecule has 2 heterocycles. The first kappa shape index (κ1) is 12.7. The summed E-state index contributed by atoms with van der Waals surface area (Å²) in [6.45, 7) is 3.61. The Labute approximate surface area is 110 Å². The van der Waals surface area contributed by atoms with Gasteiger partial charge in [-0.15, -0.1) is 11.3 Å². The first-order valence-electron chi connectivity index (χ1n) is 5.53. The van der Waals surface area contributed by atoms with E-state index in [0.717, 1.165) is 12.2 Å². The molecule has 3 nitrogen and oxygen atoms in total. The van der Waals surface area contributed by atoms with Crippen molar-refractivity contribution in [2.45, 2.75) is 19.5 Å². The molecule has 92 valence electrons. The Kier molecular flexibility index (Phi) is 4.28. The van der Waals surface area contributed by atoms with Gasteiger partial charge >= 0.3 is 0 Å².